The van der Waals surface area contributed by atoms with E-state index in [0.29, 0.717) is 11.1 Å². The van der Waals surface area contributed by atoms with E-state index in [0.717, 1.165) is 10.0 Å². The third-order valence-corrected chi connectivity index (χ3v) is 4.77. The van der Waals surface area contributed by atoms with Gasteiger partial charge in [0.25, 0.3) is 0 Å². The number of hydrogen-bond acceptors (Lipinski definition) is 3. The molecule has 0 aliphatic heterocycles. The van der Waals surface area contributed by atoms with E-state index in [4.69, 9.17) is 4.74 Å². The number of halogens is 1. The van der Waals surface area contributed by atoms with E-state index in [1.54, 1.807) is 48.5 Å². The van der Waals surface area contributed by atoms with Crippen LogP contribution in [-0.2, 0) is 21.7 Å². The highest BCUT2D eigenvalue weighted by Crippen LogP contribution is 2.31. The summed E-state index contributed by atoms with van der Waals surface area (Å²) >= 11 is 3.43. The normalized spacial score (nSPS) is 11.1. The molecule has 0 fully saturated rings. The van der Waals surface area contributed by atoms with Gasteiger partial charge in [-0.1, -0.05) is 94.8 Å². The van der Waals surface area contributed by atoms with Gasteiger partial charge in [0.2, 0.25) is 5.60 Å². The molecule has 0 radical (unpaired) electrons. The Morgan fingerprint density at radius 1 is 0.840 bits per heavy atom. The Kier molecular flexibility index (Phi) is 5.31. The van der Waals surface area contributed by atoms with Crippen molar-refractivity contribution in [2.45, 2.75) is 12.2 Å². The Labute approximate surface area is 155 Å². The molecule has 3 aromatic rings. The van der Waals surface area contributed by atoms with Crippen molar-refractivity contribution in [3.05, 3.63) is 106 Å². The summed E-state index contributed by atoms with van der Waals surface area (Å²) in [4.78, 5) is 12.9. The number of hydrogen-bond donors (Lipinski definition) is 1. The SMILES string of the molecule is O=C(OCc1ccccc1Br)C(O)(c1ccccc1)c1ccccc1. The molecule has 3 aromatic carbocycles. The first-order valence-corrected chi connectivity index (χ1v) is 8.65. The van der Waals surface area contributed by atoms with E-state index in [9.17, 15) is 9.90 Å². The van der Waals surface area contributed by atoms with Crippen molar-refractivity contribution in [3.8, 4) is 0 Å². The topological polar surface area (TPSA) is 46.5 Å². The molecule has 0 saturated heterocycles. The zero-order valence-electron chi connectivity index (χ0n) is 13.4. The van der Waals surface area contributed by atoms with Gasteiger partial charge in [0, 0.05) is 10.0 Å². The lowest BCUT2D eigenvalue weighted by Crippen LogP contribution is -2.38. The highest BCUT2D eigenvalue weighted by atomic mass is 79.9. The number of ether oxygens (including phenoxy) is 1. The average Bonchev–Trinajstić information content (AvgIpc) is 2.68. The van der Waals surface area contributed by atoms with Crippen LogP contribution in [0.15, 0.2) is 89.4 Å². The van der Waals surface area contributed by atoms with Gasteiger partial charge >= 0.3 is 5.97 Å². The zero-order valence-corrected chi connectivity index (χ0v) is 15.0. The Morgan fingerprint density at radius 3 is 1.84 bits per heavy atom. The Hall–Kier alpha value is -2.43. The summed E-state index contributed by atoms with van der Waals surface area (Å²) in [7, 11) is 0. The molecule has 0 atom stereocenters. The number of rotatable bonds is 5. The van der Waals surface area contributed by atoms with Gasteiger partial charge in [0.05, 0.1) is 0 Å². The van der Waals surface area contributed by atoms with Crippen molar-refractivity contribution in [3.63, 3.8) is 0 Å². The third kappa shape index (κ3) is 3.65. The van der Waals surface area contributed by atoms with Gasteiger partial charge in [-0.3, -0.25) is 0 Å². The summed E-state index contributed by atoms with van der Waals surface area (Å²) in [5.74, 6) is -0.708. The van der Waals surface area contributed by atoms with Gasteiger partial charge in [0.1, 0.15) is 6.61 Å². The van der Waals surface area contributed by atoms with Crippen LogP contribution < -0.4 is 0 Å². The second kappa shape index (κ2) is 7.64. The van der Waals surface area contributed by atoms with E-state index >= 15 is 0 Å². The van der Waals surface area contributed by atoms with Crippen LogP contribution in [0, 0.1) is 0 Å². The van der Waals surface area contributed by atoms with Gasteiger partial charge in [-0.25, -0.2) is 4.79 Å². The van der Waals surface area contributed by atoms with Gasteiger partial charge in [-0.2, -0.15) is 0 Å². The smallest absolute Gasteiger partial charge is 0.348 e. The van der Waals surface area contributed by atoms with E-state index in [1.165, 1.54) is 0 Å². The largest absolute Gasteiger partial charge is 0.458 e. The lowest BCUT2D eigenvalue weighted by Gasteiger charge is -2.27. The van der Waals surface area contributed by atoms with Crippen LogP contribution in [0.2, 0.25) is 0 Å². The molecule has 3 nitrogen and oxygen atoms in total. The predicted octanol–water partition coefficient (Wildman–Crippen LogP) is 4.43. The molecule has 4 heteroatoms. The van der Waals surface area contributed by atoms with Crippen LogP contribution in [0.4, 0.5) is 0 Å². The maximum Gasteiger partial charge on any atom is 0.348 e. The van der Waals surface area contributed by atoms with Gasteiger partial charge in [-0.15, -0.1) is 0 Å². The minimum absolute atomic E-state index is 0.0717. The number of aliphatic hydroxyl groups is 1. The molecule has 0 saturated carbocycles. The molecular formula is C21H17BrO3. The van der Waals surface area contributed by atoms with Crippen LogP contribution in [0.5, 0.6) is 0 Å². The average molecular weight is 397 g/mol. The fourth-order valence-electron chi connectivity index (χ4n) is 2.62. The minimum Gasteiger partial charge on any atom is -0.458 e. The Balaban J connectivity index is 1.92. The Bertz CT molecular complexity index is 808. The molecule has 0 spiro atoms. The summed E-state index contributed by atoms with van der Waals surface area (Å²) < 4.78 is 6.32. The summed E-state index contributed by atoms with van der Waals surface area (Å²) in [6.45, 7) is 0.0717. The molecule has 1 N–H and O–H groups in total. The van der Waals surface area contributed by atoms with Crippen molar-refractivity contribution in [1.29, 1.82) is 0 Å². The summed E-state index contributed by atoms with van der Waals surface area (Å²) in [6, 6.07) is 25.2. The number of benzene rings is 3. The molecule has 0 aliphatic rings. The van der Waals surface area contributed by atoms with Gasteiger partial charge in [-0.05, 0) is 17.2 Å². The first kappa shape index (κ1) is 17.4. The summed E-state index contributed by atoms with van der Waals surface area (Å²) in [5, 5.41) is 11.3. The molecule has 25 heavy (non-hydrogen) atoms. The monoisotopic (exact) mass is 396 g/mol. The van der Waals surface area contributed by atoms with E-state index in [1.807, 2.05) is 36.4 Å². The van der Waals surface area contributed by atoms with Crippen LogP contribution in [0.1, 0.15) is 16.7 Å². The molecule has 126 valence electrons. The molecule has 0 aromatic heterocycles. The first-order chi connectivity index (χ1) is 12.1. The van der Waals surface area contributed by atoms with Crippen LogP contribution in [0.3, 0.4) is 0 Å². The standard InChI is InChI=1S/C21H17BrO3/c22-19-14-8-7-9-16(19)15-25-20(23)21(24,17-10-3-1-4-11-17)18-12-5-2-6-13-18/h1-14,24H,15H2. The third-order valence-electron chi connectivity index (χ3n) is 4.00. The zero-order chi connectivity index (χ0) is 17.7. The minimum atomic E-state index is -1.86. The first-order valence-electron chi connectivity index (χ1n) is 7.86. The van der Waals surface area contributed by atoms with Crippen molar-refractivity contribution in [2.75, 3.05) is 0 Å². The maximum atomic E-state index is 12.9. The second-order valence-corrected chi connectivity index (χ2v) is 6.46. The quantitative estimate of drug-likeness (QED) is 0.648. The molecular weight excluding hydrogens is 380 g/mol. The van der Waals surface area contributed by atoms with Crippen molar-refractivity contribution >= 4 is 21.9 Å². The van der Waals surface area contributed by atoms with E-state index in [2.05, 4.69) is 15.9 Å². The van der Waals surface area contributed by atoms with Crippen LogP contribution >= 0.6 is 15.9 Å². The van der Waals surface area contributed by atoms with Crippen molar-refractivity contribution in [2.24, 2.45) is 0 Å². The summed E-state index contributed by atoms with van der Waals surface area (Å²) in [6.07, 6.45) is 0. The maximum absolute atomic E-state index is 12.9. The van der Waals surface area contributed by atoms with E-state index < -0.39 is 11.6 Å². The Morgan fingerprint density at radius 2 is 1.32 bits per heavy atom. The highest BCUT2D eigenvalue weighted by molar-refractivity contribution is 9.10. The number of carbonyl (C=O) groups is 1. The lowest BCUT2D eigenvalue weighted by atomic mass is 9.86. The molecule has 0 unspecified atom stereocenters. The molecule has 3 rings (SSSR count). The number of esters is 1. The van der Waals surface area contributed by atoms with Crippen molar-refractivity contribution in [1.82, 2.24) is 0 Å². The van der Waals surface area contributed by atoms with Crippen molar-refractivity contribution < 1.29 is 14.6 Å². The fourth-order valence-corrected chi connectivity index (χ4v) is 3.02. The van der Waals surface area contributed by atoms with Crippen LogP contribution in [-0.4, -0.2) is 11.1 Å². The van der Waals surface area contributed by atoms with E-state index in [-0.39, 0.29) is 6.61 Å². The van der Waals surface area contributed by atoms with Crippen LogP contribution in [0.25, 0.3) is 0 Å². The van der Waals surface area contributed by atoms with Gasteiger partial charge < -0.3 is 9.84 Å². The van der Waals surface area contributed by atoms with Gasteiger partial charge in [0.15, 0.2) is 0 Å². The fraction of sp³-hybridized carbons (Fsp3) is 0.0952. The molecule has 0 bridgehead atoms. The highest BCUT2D eigenvalue weighted by Gasteiger charge is 2.41. The molecule has 0 heterocycles. The molecule has 0 amide bonds. The summed E-state index contributed by atoms with van der Waals surface area (Å²) in [5.41, 5.74) is -0.0833. The number of carbonyl (C=O) groups excluding carboxylic acids is 1. The second-order valence-electron chi connectivity index (χ2n) is 5.61. The molecule has 0 aliphatic carbocycles. The lowest BCUT2D eigenvalue weighted by molar-refractivity contribution is -0.163. The predicted molar refractivity (Wildman–Crippen MR) is 99.8 cm³/mol.